The summed E-state index contributed by atoms with van der Waals surface area (Å²) in [5.74, 6) is 3.46. The van der Waals surface area contributed by atoms with Gasteiger partial charge in [0, 0.05) is 60.0 Å². The second-order valence-electron chi connectivity index (χ2n) is 24.6. The first-order valence-corrected chi connectivity index (χ1v) is 31.6. The van der Waals surface area contributed by atoms with Crippen LogP contribution in [-0.2, 0) is 0 Å². The molecule has 0 aliphatic carbocycles. The van der Waals surface area contributed by atoms with E-state index in [1.165, 1.54) is 65.1 Å². The van der Waals surface area contributed by atoms with Gasteiger partial charge >= 0.3 is 0 Å². The number of hydrogen-bond donors (Lipinski definition) is 0. The molecule has 0 unspecified atom stereocenters. The molecule has 16 aromatic carbocycles. The van der Waals surface area contributed by atoms with E-state index >= 15 is 0 Å². The normalized spacial score (nSPS) is 12.3. The lowest BCUT2D eigenvalue weighted by molar-refractivity contribution is 0.487. The monoisotopic (exact) mass is 1170 g/mol. The fourth-order valence-corrected chi connectivity index (χ4v) is 15.7. The molecule has 20 rings (SSSR count). The van der Waals surface area contributed by atoms with Crippen LogP contribution < -0.4 is 9.47 Å². The van der Waals surface area contributed by atoms with Crippen LogP contribution in [0.1, 0.15) is 0 Å². The van der Waals surface area contributed by atoms with Crippen molar-refractivity contribution in [2.75, 3.05) is 0 Å². The molecule has 4 nitrogen and oxygen atoms in total. The molecular weight excluding hydrogens is 1120 g/mol. The average Bonchev–Trinajstić information content (AvgIpc) is 1.49. The zero-order valence-electron chi connectivity index (χ0n) is 49.7. The first kappa shape index (κ1) is 50.7. The smallest absolute Gasteiger partial charge is 0.136 e. The van der Waals surface area contributed by atoms with Gasteiger partial charge in [-0.3, -0.25) is 0 Å². The van der Waals surface area contributed by atoms with E-state index in [0.29, 0.717) is 0 Å². The van der Waals surface area contributed by atoms with Gasteiger partial charge < -0.3 is 18.6 Å². The van der Waals surface area contributed by atoms with Crippen molar-refractivity contribution in [3.63, 3.8) is 0 Å². The fraction of sp³-hybridized carbons (Fsp3) is 0. The highest BCUT2D eigenvalue weighted by molar-refractivity contribution is 6.21. The summed E-state index contributed by atoms with van der Waals surface area (Å²) >= 11 is 0. The van der Waals surface area contributed by atoms with Gasteiger partial charge in [-0.15, -0.1) is 0 Å². The number of rotatable bonds is 7. The molecule has 0 N–H and O–H groups in total. The van der Waals surface area contributed by atoms with Gasteiger partial charge in [-0.2, -0.15) is 0 Å². The summed E-state index contributed by atoms with van der Waals surface area (Å²) in [6.07, 6.45) is 0. The Morgan fingerprint density at radius 2 is 0.696 bits per heavy atom. The minimum Gasteiger partial charge on any atom is -0.456 e. The van der Waals surface area contributed by atoms with E-state index < -0.39 is 0 Å². The molecule has 0 spiro atoms. The molecule has 426 valence electrons. The van der Waals surface area contributed by atoms with E-state index in [1.807, 2.05) is 0 Å². The van der Waals surface area contributed by atoms with E-state index in [2.05, 4.69) is 325 Å². The van der Waals surface area contributed by atoms with Crippen LogP contribution in [0.4, 0.5) is 0 Å². The van der Waals surface area contributed by atoms with Crippen LogP contribution in [0.15, 0.2) is 315 Å². The summed E-state index contributed by atoms with van der Waals surface area (Å²) in [6.45, 7) is 0. The Hall–Kier alpha value is -12.2. The second kappa shape index (κ2) is 19.6. The molecule has 2 aliphatic heterocycles. The summed E-state index contributed by atoms with van der Waals surface area (Å²) in [5, 5.41) is 14.3. The molecular formula is C88H52N2O2. The minimum atomic E-state index is 0.838. The number of ether oxygens (including phenoxy) is 2. The Kier molecular flexibility index (Phi) is 10.8. The number of hydrogen-bond acceptors (Lipinski definition) is 2. The van der Waals surface area contributed by atoms with Crippen LogP contribution in [0.25, 0.3) is 176 Å². The molecule has 4 heterocycles. The molecule has 2 aliphatic rings. The molecule has 0 atom stereocenters. The number of nitrogens with zero attached hydrogens (tertiary/aromatic N) is 2. The first-order chi connectivity index (χ1) is 45.6. The summed E-state index contributed by atoms with van der Waals surface area (Å²) in [4.78, 5) is 0. The number of aromatic nitrogens is 2. The largest absolute Gasteiger partial charge is 0.456 e. The number of fused-ring (bicyclic) bond motifs is 13. The highest BCUT2D eigenvalue weighted by Gasteiger charge is 2.27. The predicted molar refractivity (Wildman–Crippen MR) is 383 cm³/mol. The highest BCUT2D eigenvalue weighted by atomic mass is 16.5. The molecule has 0 saturated carbocycles. The third-order valence-electron chi connectivity index (χ3n) is 19.7. The van der Waals surface area contributed by atoms with E-state index in [4.69, 9.17) is 9.47 Å². The molecule has 0 saturated heterocycles. The van der Waals surface area contributed by atoms with Gasteiger partial charge in [0.15, 0.2) is 0 Å². The van der Waals surface area contributed by atoms with Gasteiger partial charge in [0.25, 0.3) is 0 Å². The van der Waals surface area contributed by atoms with Gasteiger partial charge in [0.1, 0.15) is 23.0 Å². The third kappa shape index (κ3) is 7.46. The van der Waals surface area contributed by atoms with Crippen LogP contribution in [0, 0.1) is 0 Å². The molecule has 92 heavy (non-hydrogen) atoms. The lowest BCUT2D eigenvalue weighted by Gasteiger charge is -2.23. The zero-order chi connectivity index (χ0) is 60.1. The van der Waals surface area contributed by atoms with Crippen LogP contribution in [0.5, 0.6) is 23.0 Å². The summed E-state index contributed by atoms with van der Waals surface area (Å²) < 4.78 is 18.8. The lowest BCUT2D eigenvalue weighted by atomic mass is 9.88. The van der Waals surface area contributed by atoms with Crippen LogP contribution >= 0.6 is 0 Å². The van der Waals surface area contributed by atoms with Crippen molar-refractivity contribution in [1.29, 1.82) is 0 Å². The number of benzene rings is 16. The zero-order valence-corrected chi connectivity index (χ0v) is 49.7. The SMILES string of the molecule is c1ccc(-c2ccccc2-n2c3cc4ccccc4cc3c3c(-c4cc5c6c(cccc6c4)-c4cc(-c6ccccc6-c6ccccc6-n6c7ccccc7c7ccc8ccccc8c76)ccc4O5)cccc32)c(-c2ccc3c(c2)-c2cccc4cccc(c24)O3)c1. The Balaban J connectivity index is 0.716. The van der Waals surface area contributed by atoms with Crippen LogP contribution in [-0.4, -0.2) is 9.13 Å². The lowest BCUT2D eigenvalue weighted by Crippen LogP contribution is -2.00. The molecule has 0 bridgehead atoms. The maximum atomic E-state index is 7.19. The fourth-order valence-electron chi connectivity index (χ4n) is 15.7. The molecule has 4 heteroatoms. The Morgan fingerprint density at radius 1 is 0.196 bits per heavy atom. The van der Waals surface area contributed by atoms with Gasteiger partial charge in [-0.1, -0.05) is 237 Å². The molecule has 0 radical (unpaired) electrons. The van der Waals surface area contributed by atoms with Crippen molar-refractivity contribution in [2.24, 2.45) is 0 Å². The van der Waals surface area contributed by atoms with Gasteiger partial charge in [-0.05, 0) is 161 Å². The maximum Gasteiger partial charge on any atom is 0.136 e. The van der Waals surface area contributed by atoms with Crippen molar-refractivity contribution < 1.29 is 9.47 Å². The highest BCUT2D eigenvalue weighted by Crippen LogP contribution is 2.53. The van der Waals surface area contributed by atoms with E-state index in [0.717, 1.165) is 134 Å². The van der Waals surface area contributed by atoms with E-state index in [9.17, 15) is 0 Å². The Morgan fingerprint density at radius 3 is 1.40 bits per heavy atom. The van der Waals surface area contributed by atoms with Crippen LogP contribution in [0.3, 0.4) is 0 Å². The topological polar surface area (TPSA) is 28.3 Å². The summed E-state index contributed by atoms with van der Waals surface area (Å²) in [5.41, 5.74) is 22.9. The third-order valence-corrected chi connectivity index (χ3v) is 19.7. The first-order valence-electron chi connectivity index (χ1n) is 31.6. The van der Waals surface area contributed by atoms with E-state index in [1.54, 1.807) is 0 Å². The van der Waals surface area contributed by atoms with Crippen LogP contribution in [0.2, 0.25) is 0 Å². The van der Waals surface area contributed by atoms with Gasteiger partial charge in [0.2, 0.25) is 0 Å². The molecule has 2 aromatic heterocycles. The summed E-state index contributed by atoms with van der Waals surface area (Å²) in [7, 11) is 0. The number of para-hydroxylation sites is 3. The standard InChI is InChI=1S/C88H52N2O2/c1-2-21-56-51-80-75(48-55(56)20-1)87-63(33-18-39-79(87)89(80)76-36-12-9-30-67(76)65-28-7-5-25-61(65)57-42-45-81-73(49-57)70-34-15-22-54-23-17-40-83(91-81)85(54)70)60-47-59-24-16-35-71-74-50-58(43-46-82(74)92-84(52-60)86(59)71)62-26-6-8-29-66(62)68-31-10-13-37-77(68)90-78-38-14-11-32-69(78)72-44-41-53-19-3-4-27-64(53)88(72)90/h1-52H. The average molecular weight is 1170 g/mol. The van der Waals surface area contributed by atoms with Crippen molar-refractivity contribution >= 4 is 86.7 Å². The van der Waals surface area contributed by atoms with Crippen molar-refractivity contribution in [1.82, 2.24) is 9.13 Å². The Bertz CT molecular complexity index is 6210. The van der Waals surface area contributed by atoms with Gasteiger partial charge in [-0.25, -0.2) is 0 Å². The second-order valence-corrected chi connectivity index (χ2v) is 24.6. The van der Waals surface area contributed by atoms with E-state index in [-0.39, 0.29) is 0 Å². The van der Waals surface area contributed by atoms with Crippen molar-refractivity contribution in [3.05, 3.63) is 315 Å². The Labute approximate surface area is 529 Å². The van der Waals surface area contributed by atoms with Gasteiger partial charge in [0.05, 0.1) is 33.4 Å². The van der Waals surface area contributed by atoms with Crippen molar-refractivity contribution in [3.8, 4) is 112 Å². The quantitative estimate of drug-likeness (QED) is 0.159. The molecule has 18 aromatic rings. The molecule has 0 amide bonds. The minimum absolute atomic E-state index is 0.838. The maximum absolute atomic E-state index is 7.19. The van der Waals surface area contributed by atoms with Crippen molar-refractivity contribution in [2.45, 2.75) is 0 Å². The predicted octanol–water partition coefficient (Wildman–Crippen LogP) is 24.4. The molecule has 0 fully saturated rings. The summed E-state index contributed by atoms with van der Waals surface area (Å²) in [6, 6.07) is 116.